The van der Waals surface area contributed by atoms with Gasteiger partial charge in [0, 0.05) is 18.4 Å². The number of carbonyl (C=O) groups excluding carboxylic acids is 1. The molecular weight excluding hydrogens is 164 g/mol. The highest BCUT2D eigenvalue weighted by atomic mass is 16.6. The van der Waals surface area contributed by atoms with Crippen LogP contribution in [0.4, 0.5) is 0 Å². The standard InChI is InChI=1S/C11H12O2/c1-8(2)10(12)13-11-5-3-9(7-11)4-6-11/h3-5H,1,6-7H2,2H3. The van der Waals surface area contributed by atoms with Crippen LogP contribution in [0.1, 0.15) is 19.8 Å². The minimum Gasteiger partial charge on any atom is -0.451 e. The van der Waals surface area contributed by atoms with Crippen LogP contribution in [0.15, 0.2) is 36.0 Å². The lowest BCUT2D eigenvalue weighted by molar-refractivity contribution is -0.149. The van der Waals surface area contributed by atoms with Gasteiger partial charge < -0.3 is 4.74 Å². The average molecular weight is 176 g/mol. The van der Waals surface area contributed by atoms with Crippen LogP contribution in [-0.4, -0.2) is 11.6 Å². The maximum absolute atomic E-state index is 11.3. The molecule has 0 saturated heterocycles. The zero-order valence-corrected chi connectivity index (χ0v) is 7.67. The molecular formula is C11H12O2. The Hall–Kier alpha value is -1.31. The van der Waals surface area contributed by atoms with Gasteiger partial charge in [-0.2, -0.15) is 0 Å². The second-order valence-corrected chi connectivity index (χ2v) is 3.73. The van der Waals surface area contributed by atoms with Gasteiger partial charge in [-0.3, -0.25) is 0 Å². The van der Waals surface area contributed by atoms with Gasteiger partial charge >= 0.3 is 5.97 Å². The van der Waals surface area contributed by atoms with Crippen molar-refractivity contribution in [2.45, 2.75) is 25.4 Å². The lowest BCUT2D eigenvalue weighted by Gasteiger charge is -2.23. The quantitative estimate of drug-likeness (QED) is 0.476. The molecule has 1 atom stereocenters. The number of carbonyl (C=O) groups is 1. The number of hydrogen-bond donors (Lipinski definition) is 0. The zero-order chi connectivity index (χ0) is 9.47. The number of allylic oxidation sites excluding steroid dienone is 1. The van der Waals surface area contributed by atoms with E-state index >= 15 is 0 Å². The number of esters is 1. The Balaban J connectivity index is 2.08. The van der Waals surface area contributed by atoms with E-state index in [4.69, 9.17) is 4.74 Å². The summed E-state index contributed by atoms with van der Waals surface area (Å²) in [6, 6.07) is 0. The van der Waals surface area contributed by atoms with E-state index < -0.39 is 0 Å². The molecule has 2 aliphatic carbocycles. The molecule has 0 amide bonds. The first-order chi connectivity index (χ1) is 6.11. The summed E-state index contributed by atoms with van der Waals surface area (Å²) in [4.78, 5) is 11.3. The monoisotopic (exact) mass is 176 g/mol. The van der Waals surface area contributed by atoms with Gasteiger partial charge in [-0.05, 0) is 18.6 Å². The molecule has 0 aliphatic heterocycles. The minimum atomic E-state index is -0.370. The molecule has 2 heteroatoms. The lowest BCUT2D eigenvalue weighted by Crippen LogP contribution is -2.28. The number of fused-ring (bicyclic) bond motifs is 2. The molecule has 68 valence electrons. The van der Waals surface area contributed by atoms with Crippen LogP contribution < -0.4 is 0 Å². The van der Waals surface area contributed by atoms with E-state index in [0.29, 0.717) is 5.57 Å². The summed E-state index contributed by atoms with van der Waals surface area (Å²) in [5.74, 6) is -0.291. The largest absolute Gasteiger partial charge is 0.451 e. The summed E-state index contributed by atoms with van der Waals surface area (Å²) in [5, 5.41) is 0. The summed E-state index contributed by atoms with van der Waals surface area (Å²) in [5.41, 5.74) is 1.36. The molecule has 2 bridgehead atoms. The van der Waals surface area contributed by atoms with Crippen molar-refractivity contribution in [3.05, 3.63) is 36.0 Å². The highest BCUT2D eigenvalue weighted by Crippen LogP contribution is 2.40. The fourth-order valence-electron chi connectivity index (χ4n) is 1.69. The first-order valence-corrected chi connectivity index (χ1v) is 4.38. The fraction of sp³-hybridized carbons (Fsp3) is 0.364. The predicted molar refractivity (Wildman–Crippen MR) is 50.1 cm³/mol. The molecule has 0 aromatic carbocycles. The van der Waals surface area contributed by atoms with Crippen LogP contribution in [-0.2, 0) is 9.53 Å². The van der Waals surface area contributed by atoms with Gasteiger partial charge in [0.1, 0.15) is 5.60 Å². The Morgan fingerprint density at radius 1 is 1.69 bits per heavy atom. The highest BCUT2D eigenvalue weighted by Gasteiger charge is 2.39. The van der Waals surface area contributed by atoms with Crippen LogP contribution >= 0.6 is 0 Å². The summed E-state index contributed by atoms with van der Waals surface area (Å²) in [7, 11) is 0. The molecule has 0 N–H and O–H groups in total. The smallest absolute Gasteiger partial charge is 0.334 e. The number of ether oxygens (including phenoxy) is 1. The Bertz CT molecular complexity index is 336. The van der Waals surface area contributed by atoms with Crippen molar-refractivity contribution < 1.29 is 9.53 Å². The van der Waals surface area contributed by atoms with Gasteiger partial charge in [-0.15, -0.1) is 0 Å². The van der Waals surface area contributed by atoms with E-state index in [0.717, 1.165) is 12.8 Å². The van der Waals surface area contributed by atoms with Crippen molar-refractivity contribution in [3.8, 4) is 0 Å². The van der Waals surface area contributed by atoms with E-state index in [1.165, 1.54) is 5.57 Å². The molecule has 0 spiro atoms. The first kappa shape index (κ1) is 8.30. The lowest BCUT2D eigenvalue weighted by atomic mass is 10.0. The van der Waals surface area contributed by atoms with Crippen LogP contribution in [0, 0.1) is 0 Å². The molecule has 0 fully saturated rings. The van der Waals surface area contributed by atoms with Gasteiger partial charge in [0.15, 0.2) is 0 Å². The molecule has 13 heavy (non-hydrogen) atoms. The average Bonchev–Trinajstić information content (AvgIpc) is 2.62. The van der Waals surface area contributed by atoms with Crippen molar-refractivity contribution in [2.24, 2.45) is 0 Å². The molecule has 0 aromatic heterocycles. The molecule has 0 saturated carbocycles. The van der Waals surface area contributed by atoms with Gasteiger partial charge in [0.05, 0.1) is 0 Å². The molecule has 2 aliphatic rings. The zero-order valence-electron chi connectivity index (χ0n) is 7.67. The van der Waals surface area contributed by atoms with E-state index in [9.17, 15) is 4.79 Å². The van der Waals surface area contributed by atoms with Crippen molar-refractivity contribution in [2.75, 3.05) is 0 Å². The fourth-order valence-corrected chi connectivity index (χ4v) is 1.69. The number of rotatable bonds is 2. The Morgan fingerprint density at radius 2 is 2.46 bits per heavy atom. The van der Waals surface area contributed by atoms with Crippen LogP contribution in [0.25, 0.3) is 0 Å². The second-order valence-electron chi connectivity index (χ2n) is 3.73. The summed E-state index contributed by atoms with van der Waals surface area (Å²) >= 11 is 0. The molecule has 2 nitrogen and oxygen atoms in total. The Morgan fingerprint density at radius 3 is 2.85 bits per heavy atom. The van der Waals surface area contributed by atoms with Gasteiger partial charge in [-0.1, -0.05) is 18.7 Å². The molecule has 2 rings (SSSR count). The molecule has 0 heterocycles. The topological polar surface area (TPSA) is 26.3 Å². The SMILES string of the molecule is C=C(C)C(=O)OC12C=CC(=CC1)C2. The minimum absolute atomic E-state index is 0.291. The van der Waals surface area contributed by atoms with Crippen LogP contribution in [0.5, 0.6) is 0 Å². The van der Waals surface area contributed by atoms with E-state index in [2.05, 4.69) is 12.7 Å². The van der Waals surface area contributed by atoms with Gasteiger partial charge in [-0.25, -0.2) is 4.79 Å². The molecule has 1 unspecified atom stereocenters. The van der Waals surface area contributed by atoms with Crippen molar-refractivity contribution in [1.82, 2.24) is 0 Å². The maximum atomic E-state index is 11.3. The van der Waals surface area contributed by atoms with E-state index in [-0.39, 0.29) is 11.6 Å². The Kier molecular flexibility index (Phi) is 1.65. The highest BCUT2D eigenvalue weighted by molar-refractivity contribution is 5.87. The van der Waals surface area contributed by atoms with Gasteiger partial charge in [0.25, 0.3) is 0 Å². The van der Waals surface area contributed by atoms with Crippen molar-refractivity contribution in [1.29, 1.82) is 0 Å². The normalized spacial score (nSPS) is 28.8. The number of hydrogen-bond acceptors (Lipinski definition) is 2. The molecule has 0 aromatic rings. The Labute approximate surface area is 77.6 Å². The van der Waals surface area contributed by atoms with Gasteiger partial charge in [0.2, 0.25) is 0 Å². The summed E-state index contributed by atoms with van der Waals surface area (Å²) < 4.78 is 5.37. The van der Waals surface area contributed by atoms with E-state index in [1.807, 2.05) is 12.2 Å². The van der Waals surface area contributed by atoms with Crippen molar-refractivity contribution >= 4 is 5.97 Å². The maximum Gasteiger partial charge on any atom is 0.334 e. The first-order valence-electron chi connectivity index (χ1n) is 4.38. The van der Waals surface area contributed by atoms with Crippen LogP contribution in [0.2, 0.25) is 0 Å². The predicted octanol–water partition coefficient (Wildman–Crippen LogP) is 2.13. The third-order valence-electron chi connectivity index (χ3n) is 2.46. The van der Waals surface area contributed by atoms with Crippen LogP contribution in [0.3, 0.4) is 0 Å². The summed E-state index contributed by atoms with van der Waals surface area (Å²) in [6.07, 6.45) is 7.77. The van der Waals surface area contributed by atoms with E-state index in [1.54, 1.807) is 6.92 Å². The third-order valence-corrected chi connectivity index (χ3v) is 2.46. The van der Waals surface area contributed by atoms with Crippen molar-refractivity contribution in [3.63, 3.8) is 0 Å². The third kappa shape index (κ3) is 1.32. The summed E-state index contributed by atoms with van der Waals surface area (Å²) in [6.45, 7) is 5.23. The second kappa shape index (κ2) is 2.59. The molecule has 0 radical (unpaired) electrons.